The Bertz CT molecular complexity index is 752. The number of hydrogen-bond acceptors (Lipinski definition) is 3. The Kier molecular flexibility index (Phi) is 7.22. The Morgan fingerprint density at radius 1 is 1.00 bits per heavy atom. The molecule has 7 heteroatoms. The summed E-state index contributed by atoms with van der Waals surface area (Å²) in [4.78, 5) is 30.9. The van der Waals surface area contributed by atoms with Gasteiger partial charge in [-0.3, -0.25) is 9.59 Å². The van der Waals surface area contributed by atoms with E-state index in [1.54, 1.807) is 16.7 Å². The molecule has 1 aromatic rings. The molecule has 1 aliphatic heterocycles. The number of rotatable bonds is 3. The van der Waals surface area contributed by atoms with Gasteiger partial charge in [0.2, 0.25) is 11.8 Å². The van der Waals surface area contributed by atoms with Crippen molar-refractivity contribution in [3.05, 3.63) is 29.3 Å². The maximum absolute atomic E-state index is 14.1. The van der Waals surface area contributed by atoms with E-state index in [0.717, 1.165) is 50.9 Å². The lowest BCUT2D eigenvalue weighted by molar-refractivity contribution is -0.132. The number of fused-ring (bicyclic) bond motifs is 1. The molecule has 0 N–H and O–H groups in total. The van der Waals surface area contributed by atoms with Crippen molar-refractivity contribution in [2.24, 2.45) is 5.92 Å². The van der Waals surface area contributed by atoms with Gasteiger partial charge in [-0.25, -0.2) is 8.78 Å². The van der Waals surface area contributed by atoms with Gasteiger partial charge in [-0.15, -0.1) is 0 Å². The lowest BCUT2D eigenvalue weighted by Gasteiger charge is -2.31. The summed E-state index contributed by atoms with van der Waals surface area (Å²) in [7, 11) is 2.02. The summed E-state index contributed by atoms with van der Waals surface area (Å²) in [5, 5.41) is 0. The van der Waals surface area contributed by atoms with E-state index in [9.17, 15) is 18.4 Å². The molecule has 0 unspecified atom stereocenters. The van der Waals surface area contributed by atoms with Crippen LogP contribution in [0.1, 0.15) is 51.0 Å². The van der Waals surface area contributed by atoms with Gasteiger partial charge in [0.15, 0.2) is 11.6 Å². The lowest BCUT2D eigenvalue weighted by atomic mass is 10.1. The summed E-state index contributed by atoms with van der Waals surface area (Å²) in [6.07, 6.45) is 4.51. The van der Waals surface area contributed by atoms with Crippen LogP contribution in [-0.2, 0) is 16.1 Å². The van der Waals surface area contributed by atoms with Crippen LogP contribution >= 0.6 is 0 Å². The first-order valence-corrected chi connectivity index (χ1v) is 10.6. The topological polar surface area (TPSA) is 43.9 Å². The molecule has 3 rings (SSSR count). The predicted molar refractivity (Wildman–Crippen MR) is 108 cm³/mol. The predicted octanol–water partition coefficient (Wildman–Crippen LogP) is 3.56. The first-order valence-electron chi connectivity index (χ1n) is 10.6. The van der Waals surface area contributed by atoms with Crippen molar-refractivity contribution in [2.75, 3.05) is 38.1 Å². The third-order valence-corrected chi connectivity index (χ3v) is 5.78. The third kappa shape index (κ3) is 5.75. The van der Waals surface area contributed by atoms with Crippen LogP contribution in [0.5, 0.6) is 0 Å². The smallest absolute Gasteiger partial charge is 0.226 e. The van der Waals surface area contributed by atoms with E-state index in [1.807, 2.05) is 7.05 Å². The van der Waals surface area contributed by atoms with Crippen molar-refractivity contribution >= 4 is 17.5 Å². The lowest BCUT2D eigenvalue weighted by Crippen LogP contribution is -2.38. The number of halogens is 2. The largest absolute Gasteiger partial charge is 0.338 e. The molecule has 0 spiro atoms. The maximum Gasteiger partial charge on any atom is 0.226 e. The average Bonchev–Trinajstić information content (AvgIpc) is 3.49. The van der Waals surface area contributed by atoms with Crippen LogP contribution < -0.4 is 4.90 Å². The minimum Gasteiger partial charge on any atom is -0.338 e. The Morgan fingerprint density at radius 3 is 2.31 bits per heavy atom. The molecular weight excluding hydrogens is 376 g/mol. The van der Waals surface area contributed by atoms with Crippen LogP contribution in [0.15, 0.2) is 12.1 Å². The van der Waals surface area contributed by atoms with Gasteiger partial charge >= 0.3 is 0 Å². The van der Waals surface area contributed by atoms with E-state index < -0.39 is 11.6 Å². The molecule has 1 aliphatic carbocycles. The minimum absolute atomic E-state index is 0.0521. The molecule has 1 heterocycles. The van der Waals surface area contributed by atoms with E-state index >= 15 is 0 Å². The van der Waals surface area contributed by atoms with Gasteiger partial charge in [-0.1, -0.05) is 6.92 Å². The summed E-state index contributed by atoms with van der Waals surface area (Å²) < 4.78 is 28.2. The van der Waals surface area contributed by atoms with Gasteiger partial charge in [0.05, 0.1) is 5.69 Å². The van der Waals surface area contributed by atoms with Gasteiger partial charge in [0.25, 0.3) is 0 Å². The molecule has 2 amide bonds. The third-order valence-electron chi connectivity index (χ3n) is 5.78. The zero-order chi connectivity index (χ0) is 21.0. The molecule has 2 aliphatic rings. The minimum atomic E-state index is -0.974. The van der Waals surface area contributed by atoms with Crippen LogP contribution in [0.3, 0.4) is 0 Å². The number of hydrogen-bond donors (Lipinski definition) is 0. The number of anilines is 1. The molecule has 0 saturated heterocycles. The van der Waals surface area contributed by atoms with Crippen molar-refractivity contribution in [2.45, 2.75) is 52.0 Å². The normalized spacial score (nSPS) is 19.3. The average molecular weight is 408 g/mol. The number of amides is 2. The fraction of sp³-hybridized carbons (Fsp3) is 0.636. The Balaban J connectivity index is 1.96. The van der Waals surface area contributed by atoms with Crippen molar-refractivity contribution in [3.63, 3.8) is 0 Å². The summed E-state index contributed by atoms with van der Waals surface area (Å²) in [6, 6.07) is 2.26. The molecule has 29 heavy (non-hydrogen) atoms. The highest BCUT2D eigenvalue weighted by Gasteiger charge is 2.28. The van der Waals surface area contributed by atoms with Crippen molar-refractivity contribution in [3.8, 4) is 0 Å². The van der Waals surface area contributed by atoms with E-state index in [2.05, 4.69) is 4.90 Å². The molecule has 1 aromatic carbocycles. The van der Waals surface area contributed by atoms with Crippen LogP contribution in [0.25, 0.3) is 0 Å². The summed E-state index contributed by atoms with van der Waals surface area (Å²) in [5.74, 6) is -1.55. The zero-order valence-electron chi connectivity index (χ0n) is 17.4. The molecule has 0 radical (unpaired) electrons. The van der Waals surface area contributed by atoms with Crippen LogP contribution in [-0.4, -0.2) is 54.8 Å². The van der Waals surface area contributed by atoms with E-state index in [4.69, 9.17) is 0 Å². The fourth-order valence-electron chi connectivity index (χ4n) is 3.86. The van der Waals surface area contributed by atoms with Crippen molar-refractivity contribution < 1.29 is 18.4 Å². The van der Waals surface area contributed by atoms with Gasteiger partial charge in [0.1, 0.15) is 0 Å². The van der Waals surface area contributed by atoms with Gasteiger partial charge in [0, 0.05) is 38.5 Å². The molecule has 160 valence electrons. The summed E-state index contributed by atoms with van der Waals surface area (Å²) in [6.45, 7) is 4.59. The van der Waals surface area contributed by atoms with Gasteiger partial charge in [-0.2, -0.15) is 0 Å². The number of benzene rings is 1. The number of carbonyl (C=O) groups excluding carboxylic acids is 2. The second-order valence-corrected chi connectivity index (χ2v) is 8.27. The highest BCUT2D eigenvalue weighted by Crippen LogP contribution is 2.34. The quantitative estimate of drug-likeness (QED) is 0.770. The molecule has 0 bridgehead atoms. The Labute approximate surface area is 171 Å². The van der Waals surface area contributed by atoms with Crippen LogP contribution in [0, 0.1) is 17.6 Å². The Hall–Kier alpha value is -2.02. The van der Waals surface area contributed by atoms with Gasteiger partial charge < -0.3 is 14.7 Å². The first kappa shape index (κ1) is 21.7. The molecule has 5 nitrogen and oxygen atoms in total. The highest BCUT2D eigenvalue weighted by molar-refractivity contribution is 5.94. The summed E-state index contributed by atoms with van der Waals surface area (Å²) >= 11 is 0. The zero-order valence-corrected chi connectivity index (χ0v) is 17.4. The second kappa shape index (κ2) is 9.65. The molecular formula is C22H31F2N3O2. The van der Waals surface area contributed by atoms with Crippen LogP contribution in [0.4, 0.5) is 14.5 Å². The highest BCUT2D eigenvalue weighted by atomic mass is 19.2. The van der Waals surface area contributed by atoms with E-state index in [0.29, 0.717) is 36.7 Å². The van der Waals surface area contributed by atoms with Gasteiger partial charge in [-0.05, 0) is 63.4 Å². The van der Waals surface area contributed by atoms with E-state index in [-0.39, 0.29) is 24.8 Å². The number of carbonyl (C=O) groups is 2. The van der Waals surface area contributed by atoms with Crippen molar-refractivity contribution in [1.29, 1.82) is 0 Å². The first-order chi connectivity index (χ1) is 13.9. The second-order valence-electron chi connectivity index (χ2n) is 8.27. The molecule has 1 fully saturated rings. The Morgan fingerprint density at radius 2 is 1.66 bits per heavy atom. The fourth-order valence-corrected chi connectivity index (χ4v) is 3.86. The maximum atomic E-state index is 14.1. The molecule has 1 saturated carbocycles. The molecule has 0 aromatic heterocycles. The summed E-state index contributed by atoms with van der Waals surface area (Å²) in [5.41, 5.74) is 0.868. The standard InChI is InChI=1S/C22H31F2N3O2/c1-3-21(28)27-11-5-9-25(2)8-4-10-26(22(29)12-16-6-7-16)15-17-13-18(23)19(24)14-20(17)27/h13-14,16H,3-12,15H2,1-2H3. The number of nitrogens with zero attached hydrogens (tertiary/aromatic N) is 3. The van der Waals surface area contributed by atoms with Crippen molar-refractivity contribution in [1.82, 2.24) is 9.80 Å². The SMILES string of the molecule is CCC(=O)N1CCCN(C)CCCN(C(=O)CC2CC2)Cc2cc(F)c(F)cc21. The van der Waals surface area contributed by atoms with Crippen LogP contribution in [0.2, 0.25) is 0 Å². The monoisotopic (exact) mass is 407 g/mol. The van der Waals surface area contributed by atoms with E-state index in [1.165, 1.54) is 0 Å². The molecule has 0 atom stereocenters.